The van der Waals surface area contributed by atoms with Crippen LogP contribution in [0.4, 0.5) is 0 Å². The topological polar surface area (TPSA) is 25.2 Å². The van der Waals surface area contributed by atoms with Crippen LogP contribution < -0.4 is 5.32 Å². The molecule has 0 amide bonds. The smallest absolute Gasteiger partial charge is 0.121 e. The summed E-state index contributed by atoms with van der Waals surface area (Å²) in [6, 6.07) is 8.75. The van der Waals surface area contributed by atoms with E-state index < -0.39 is 0 Å². The first-order valence-corrected chi connectivity index (χ1v) is 6.99. The van der Waals surface area contributed by atoms with Crippen LogP contribution in [0.1, 0.15) is 35.8 Å². The molecule has 0 aliphatic heterocycles. The molecule has 0 fully saturated rings. The van der Waals surface area contributed by atoms with Gasteiger partial charge in [-0.15, -0.1) is 11.3 Å². The summed E-state index contributed by atoms with van der Waals surface area (Å²) < 4.78 is 5.71. The second-order valence-electron chi connectivity index (χ2n) is 4.18. The first-order chi connectivity index (χ1) is 8.29. The van der Waals surface area contributed by atoms with Crippen molar-refractivity contribution in [2.75, 3.05) is 6.54 Å². The first-order valence-electron chi connectivity index (χ1n) is 6.11. The van der Waals surface area contributed by atoms with E-state index in [1.165, 1.54) is 4.88 Å². The molecule has 0 saturated heterocycles. The molecule has 0 aliphatic rings. The molecule has 0 saturated carbocycles. The Morgan fingerprint density at radius 3 is 2.82 bits per heavy atom. The van der Waals surface area contributed by atoms with Crippen molar-refractivity contribution in [2.24, 2.45) is 0 Å². The molecule has 1 unspecified atom stereocenters. The van der Waals surface area contributed by atoms with Gasteiger partial charge in [0.15, 0.2) is 0 Å². The van der Waals surface area contributed by atoms with Crippen LogP contribution in [0.3, 0.4) is 0 Å². The maximum Gasteiger partial charge on any atom is 0.121 e. The number of nitrogens with one attached hydrogen (secondary N) is 1. The molecule has 2 rings (SSSR count). The summed E-state index contributed by atoms with van der Waals surface area (Å²) in [5.74, 6) is 2.04. The van der Waals surface area contributed by atoms with E-state index in [1.54, 1.807) is 0 Å². The highest BCUT2D eigenvalue weighted by Crippen LogP contribution is 2.22. The highest BCUT2D eigenvalue weighted by molar-refractivity contribution is 7.09. The van der Waals surface area contributed by atoms with E-state index in [9.17, 15) is 0 Å². The fraction of sp³-hybridized carbons (Fsp3) is 0.429. The molecular weight excluding hydrogens is 230 g/mol. The van der Waals surface area contributed by atoms with E-state index in [-0.39, 0.29) is 0 Å². The SMILES string of the molecule is CCNC(CCc1cccs1)c1ccc(C)o1. The van der Waals surface area contributed by atoms with E-state index in [0.29, 0.717) is 6.04 Å². The Morgan fingerprint density at radius 1 is 1.35 bits per heavy atom. The lowest BCUT2D eigenvalue weighted by atomic mass is 10.1. The summed E-state index contributed by atoms with van der Waals surface area (Å²) in [4.78, 5) is 1.44. The standard InChI is InChI=1S/C14H19NOS/c1-3-15-13(14-9-6-11(2)16-14)8-7-12-5-4-10-17-12/h4-6,9-10,13,15H,3,7-8H2,1-2H3. The van der Waals surface area contributed by atoms with Crippen LogP contribution in [-0.4, -0.2) is 6.54 Å². The Morgan fingerprint density at radius 2 is 2.24 bits per heavy atom. The third kappa shape index (κ3) is 3.45. The molecular formula is C14H19NOS. The largest absolute Gasteiger partial charge is 0.465 e. The molecule has 0 aromatic carbocycles. The number of aryl methyl sites for hydroxylation is 2. The van der Waals surface area contributed by atoms with Crippen LogP contribution in [-0.2, 0) is 6.42 Å². The Labute approximate surface area is 107 Å². The number of hydrogen-bond donors (Lipinski definition) is 1. The first kappa shape index (κ1) is 12.4. The number of hydrogen-bond acceptors (Lipinski definition) is 3. The van der Waals surface area contributed by atoms with Gasteiger partial charge in [-0.3, -0.25) is 0 Å². The molecule has 2 aromatic heterocycles. The quantitative estimate of drug-likeness (QED) is 0.839. The van der Waals surface area contributed by atoms with E-state index in [2.05, 4.69) is 35.8 Å². The fourth-order valence-electron chi connectivity index (χ4n) is 1.97. The minimum atomic E-state index is 0.329. The number of thiophene rings is 1. The molecule has 2 aromatic rings. The summed E-state index contributed by atoms with van der Waals surface area (Å²) in [7, 11) is 0. The van der Waals surface area contributed by atoms with Gasteiger partial charge in [0.1, 0.15) is 11.5 Å². The molecule has 2 heterocycles. The minimum Gasteiger partial charge on any atom is -0.465 e. The van der Waals surface area contributed by atoms with Crippen molar-refractivity contribution in [3.05, 3.63) is 46.0 Å². The molecule has 1 N–H and O–H groups in total. The molecule has 0 spiro atoms. The molecule has 92 valence electrons. The third-order valence-electron chi connectivity index (χ3n) is 2.81. The van der Waals surface area contributed by atoms with Gasteiger partial charge in [-0.25, -0.2) is 0 Å². The maximum absolute atomic E-state index is 5.71. The zero-order chi connectivity index (χ0) is 12.1. The summed E-state index contributed by atoms with van der Waals surface area (Å²) in [6.45, 7) is 5.09. The summed E-state index contributed by atoms with van der Waals surface area (Å²) in [6.07, 6.45) is 2.19. The van der Waals surface area contributed by atoms with Crippen LogP contribution in [0.25, 0.3) is 0 Å². The molecule has 0 aliphatic carbocycles. The van der Waals surface area contributed by atoms with Gasteiger partial charge in [0.2, 0.25) is 0 Å². The molecule has 3 heteroatoms. The molecule has 1 atom stereocenters. The van der Waals surface area contributed by atoms with Gasteiger partial charge < -0.3 is 9.73 Å². The fourth-order valence-corrected chi connectivity index (χ4v) is 2.70. The van der Waals surface area contributed by atoms with Gasteiger partial charge >= 0.3 is 0 Å². The zero-order valence-corrected chi connectivity index (χ0v) is 11.2. The normalized spacial score (nSPS) is 12.8. The van der Waals surface area contributed by atoms with E-state index >= 15 is 0 Å². The van der Waals surface area contributed by atoms with Gasteiger partial charge in [0.25, 0.3) is 0 Å². The van der Waals surface area contributed by atoms with E-state index in [4.69, 9.17) is 4.42 Å². The Kier molecular flexibility index (Phi) is 4.40. The zero-order valence-electron chi connectivity index (χ0n) is 10.4. The molecule has 0 bridgehead atoms. The predicted molar refractivity (Wildman–Crippen MR) is 72.5 cm³/mol. The van der Waals surface area contributed by atoms with Gasteiger partial charge in [0, 0.05) is 4.88 Å². The molecule has 2 nitrogen and oxygen atoms in total. The Bertz CT molecular complexity index is 433. The molecule has 0 radical (unpaired) electrons. The number of rotatable bonds is 6. The lowest BCUT2D eigenvalue weighted by Crippen LogP contribution is -2.20. The van der Waals surface area contributed by atoms with Crippen LogP contribution in [0.15, 0.2) is 34.1 Å². The van der Waals surface area contributed by atoms with Gasteiger partial charge in [-0.2, -0.15) is 0 Å². The van der Waals surface area contributed by atoms with Gasteiger partial charge in [0.05, 0.1) is 6.04 Å². The maximum atomic E-state index is 5.71. The van der Waals surface area contributed by atoms with Crippen molar-refractivity contribution in [3.63, 3.8) is 0 Å². The van der Waals surface area contributed by atoms with Crippen molar-refractivity contribution in [1.29, 1.82) is 0 Å². The Hall–Kier alpha value is -1.06. The highest BCUT2D eigenvalue weighted by atomic mass is 32.1. The van der Waals surface area contributed by atoms with Crippen LogP contribution in [0, 0.1) is 6.92 Å². The van der Waals surface area contributed by atoms with Gasteiger partial charge in [-0.1, -0.05) is 13.0 Å². The van der Waals surface area contributed by atoms with E-state index in [0.717, 1.165) is 30.9 Å². The lowest BCUT2D eigenvalue weighted by Gasteiger charge is -2.14. The van der Waals surface area contributed by atoms with Crippen LogP contribution >= 0.6 is 11.3 Å². The van der Waals surface area contributed by atoms with Crippen molar-refractivity contribution in [1.82, 2.24) is 5.32 Å². The average molecular weight is 249 g/mol. The minimum absolute atomic E-state index is 0.329. The summed E-state index contributed by atoms with van der Waals surface area (Å²) >= 11 is 1.83. The third-order valence-corrected chi connectivity index (χ3v) is 3.75. The summed E-state index contributed by atoms with van der Waals surface area (Å²) in [5.41, 5.74) is 0. The second kappa shape index (κ2) is 6.03. The van der Waals surface area contributed by atoms with Crippen molar-refractivity contribution in [3.8, 4) is 0 Å². The second-order valence-corrected chi connectivity index (χ2v) is 5.21. The van der Waals surface area contributed by atoms with Crippen LogP contribution in [0.5, 0.6) is 0 Å². The van der Waals surface area contributed by atoms with Crippen molar-refractivity contribution >= 4 is 11.3 Å². The van der Waals surface area contributed by atoms with Crippen molar-refractivity contribution < 1.29 is 4.42 Å². The predicted octanol–water partition coefficient (Wildman–Crippen LogP) is 3.93. The average Bonchev–Trinajstić information content (AvgIpc) is 2.95. The molecule has 17 heavy (non-hydrogen) atoms. The Balaban J connectivity index is 1.97. The highest BCUT2D eigenvalue weighted by Gasteiger charge is 2.14. The number of furan rings is 1. The summed E-state index contributed by atoms with van der Waals surface area (Å²) in [5, 5.41) is 5.62. The van der Waals surface area contributed by atoms with Crippen molar-refractivity contribution in [2.45, 2.75) is 32.7 Å². The monoisotopic (exact) mass is 249 g/mol. The van der Waals surface area contributed by atoms with Gasteiger partial charge in [-0.05, 0) is 49.9 Å². The lowest BCUT2D eigenvalue weighted by molar-refractivity contribution is 0.391. The van der Waals surface area contributed by atoms with E-state index in [1.807, 2.05) is 24.3 Å². The van der Waals surface area contributed by atoms with Crippen LogP contribution in [0.2, 0.25) is 0 Å².